The van der Waals surface area contributed by atoms with E-state index in [4.69, 9.17) is 0 Å². The summed E-state index contributed by atoms with van der Waals surface area (Å²) in [6, 6.07) is 0.760. The highest BCUT2D eigenvalue weighted by atomic mass is 16.3. The van der Waals surface area contributed by atoms with E-state index in [1.165, 1.54) is 32.4 Å². The Hall–Kier alpha value is -0.160. The molecule has 4 heteroatoms. The zero-order valence-corrected chi connectivity index (χ0v) is 19.9. The lowest BCUT2D eigenvalue weighted by molar-refractivity contribution is -0.176. The lowest BCUT2D eigenvalue weighted by atomic mass is 9.50. The highest BCUT2D eigenvalue weighted by Gasteiger charge is 2.67. The Bertz CT molecular complexity index is 713. The fourth-order valence-corrected chi connectivity index (χ4v) is 10.6. The molecule has 4 aliphatic carbocycles. The third-order valence-electron chi connectivity index (χ3n) is 12.1. The smallest absolute Gasteiger partial charge is 0.0711 e. The third-order valence-corrected chi connectivity index (χ3v) is 12.1. The van der Waals surface area contributed by atoms with Gasteiger partial charge in [-0.05, 0) is 111 Å². The zero-order chi connectivity index (χ0) is 21.7. The van der Waals surface area contributed by atoms with Crippen molar-refractivity contribution >= 4 is 0 Å². The molecule has 0 amide bonds. The maximum atomic E-state index is 12.3. The summed E-state index contributed by atoms with van der Waals surface area (Å²) in [4.78, 5) is 2.81. The van der Waals surface area contributed by atoms with Crippen LogP contribution in [0.1, 0.15) is 78.6 Å². The van der Waals surface area contributed by atoms with Gasteiger partial charge in [0, 0.05) is 19.1 Å². The van der Waals surface area contributed by atoms with Gasteiger partial charge in [-0.2, -0.15) is 0 Å². The van der Waals surface area contributed by atoms with Crippen molar-refractivity contribution in [3.05, 3.63) is 0 Å². The molecule has 0 bridgehead atoms. The van der Waals surface area contributed by atoms with Crippen LogP contribution in [0.3, 0.4) is 0 Å². The Kier molecular flexibility index (Phi) is 4.94. The fraction of sp³-hybridized carbons (Fsp3) is 1.00. The first-order valence-corrected chi connectivity index (χ1v) is 13.5. The standard InChI is InChI=1S/C27H45NO3/c1-15-4-5-24-16(2)18-7-9-27(31)20(19(18)14-28(24)13-15)11-21-22(27)12-25(30)23-10-17(29)6-8-26(21,23)3/h15-25,29-31H,4-14H2,1-3H3/t15-,16-,17-,18-,19-,20+,21+,22-,23-,24+,25+,26-,27+/m1/s1. The van der Waals surface area contributed by atoms with E-state index in [2.05, 4.69) is 25.7 Å². The summed E-state index contributed by atoms with van der Waals surface area (Å²) in [5.41, 5.74) is -0.503. The molecule has 2 heterocycles. The summed E-state index contributed by atoms with van der Waals surface area (Å²) in [5.74, 6) is 4.30. The van der Waals surface area contributed by atoms with E-state index in [1.54, 1.807) is 0 Å². The van der Waals surface area contributed by atoms with Gasteiger partial charge in [-0.25, -0.2) is 0 Å². The van der Waals surface area contributed by atoms with Crippen LogP contribution in [0.25, 0.3) is 0 Å². The Labute approximate surface area is 188 Å². The number of hydrogen-bond acceptors (Lipinski definition) is 4. The minimum Gasteiger partial charge on any atom is -0.393 e. The highest BCUT2D eigenvalue weighted by Crippen LogP contribution is 2.68. The second-order valence-electron chi connectivity index (χ2n) is 13.3. The highest BCUT2D eigenvalue weighted by molar-refractivity contribution is 5.17. The summed E-state index contributed by atoms with van der Waals surface area (Å²) < 4.78 is 0. The Morgan fingerprint density at radius 1 is 0.774 bits per heavy atom. The Morgan fingerprint density at radius 3 is 2.39 bits per heavy atom. The SMILES string of the molecule is C[C@@H]1CC[C@H]2[C@H](C)[C@H]3CC[C@@]4(O)[C@@H]5C[C@H](O)[C@H]6C[C@H](O)CC[C@]6(C)[C@H]5C[C@H]4[C@@H]3CN2C1. The lowest BCUT2D eigenvalue weighted by Gasteiger charge is -2.59. The molecule has 3 N–H and O–H groups in total. The van der Waals surface area contributed by atoms with Gasteiger partial charge in [-0.15, -0.1) is 0 Å². The van der Waals surface area contributed by atoms with Gasteiger partial charge in [0.2, 0.25) is 0 Å². The van der Waals surface area contributed by atoms with E-state index in [0.29, 0.717) is 17.8 Å². The van der Waals surface area contributed by atoms with Crippen LogP contribution >= 0.6 is 0 Å². The molecule has 0 aromatic carbocycles. The number of nitrogens with zero attached hydrogens (tertiary/aromatic N) is 1. The summed E-state index contributed by atoms with van der Waals surface area (Å²) >= 11 is 0. The molecule has 13 atom stereocenters. The fourth-order valence-electron chi connectivity index (χ4n) is 10.6. The average molecular weight is 432 g/mol. The molecule has 2 saturated heterocycles. The zero-order valence-electron chi connectivity index (χ0n) is 19.9. The number of aliphatic hydroxyl groups excluding tert-OH is 2. The first-order chi connectivity index (χ1) is 14.7. The molecule has 6 aliphatic rings. The van der Waals surface area contributed by atoms with Crippen LogP contribution in [0.5, 0.6) is 0 Å². The van der Waals surface area contributed by atoms with Crippen LogP contribution in [0.15, 0.2) is 0 Å². The van der Waals surface area contributed by atoms with Crippen molar-refractivity contribution < 1.29 is 15.3 Å². The van der Waals surface area contributed by atoms with Crippen LogP contribution < -0.4 is 0 Å². The minimum absolute atomic E-state index is 0.0760. The number of rotatable bonds is 0. The van der Waals surface area contributed by atoms with E-state index < -0.39 is 5.60 Å². The topological polar surface area (TPSA) is 63.9 Å². The average Bonchev–Trinajstić information content (AvgIpc) is 3.03. The first-order valence-electron chi connectivity index (χ1n) is 13.5. The summed E-state index contributed by atoms with van der Waals surface area (Å²) in [7, 11) is 0. The normalized spacial score (nSPS) is 61.5. The largest absolute Gasteiger partial charge is 0.393 e. The minimum atomic E-state index is -0.579. The molecule has 0 spiro atoms. The van der Waals surface area contributed by atoms with Crippen molar-refractivity contribution in [3.8, 4) is 0 Å². The van der Waals surface area contributed by atoms with Crippen molar-refractivity contribution in [3.63, 3.8) is 0 Å². The van der Waals surface area contributed by atoms with Gasteiger partial charge >= 0.3 is 0 Å². The molecule has 6 fully saturated rings. The van der Waals surface area contributed by atoms with Gasteiger partial charge in [0.1, 0.15) is 0 Å². The molecule has 31 heavy (non-hydrogen) atoms. The molecule has 176 valence electrons. The van der Waals surface area contributed by atoms with Crippen molar-refractivity contribution in [2.24, 2.45) is 52.8 Å². The van der Waals surface area contributed by atoms with Gasteiger partial charge in [-0.3, -0.25) is 4.90 Å². The number of hydrogen-bond donors (Lipinski definition) is 3. The first kappa shape index (κ1) is 21.4. The third kappa shape index (κ3) is 2.93. The number of piperidine rings is 2. The predicted molar refractivity (Wildman–Crippen MR) is 121 cm³/mol. The molecular weight excluding hydrogens is 386 g/mol. The maximum absolute atomic E-state index is 12.3. The van der Waals surface area contributed by atoms with E-state index in [9.17, 15) is 15.3 Å². The molecule has 4 saturated carbocycles. The summed E-state index contributed by atoms with van der Waals surface area (Å²) in [6.07, 6.45) is 8.78. The molecule has 2 aliphatic heterocycles. The second kappa shape index (κ2) is 7.17. The van der Waals surface area contributed by atoms with E-state index in [1.807, 2.05) is 0 Å². The van der Waals surface area contributed by atoms with E-state index in [-0.39, 0.29) is 29.5 Å². The van der Waals surface area contributed by atoms with Crippen LogP contribution in [-0.2, 0) is 0 Å². The quantitative estimate of drug-likeness (QED) is 0.547. The van der Waals surface area contributed by atoms with Crippen LogP contribution in [-0.4, -0.2) is 57.2 Å². The van der Waals surface area contributed by atoms with Gasteiger partial charge in [0.25, 0.3) is 0 Å². The second-order valence-corrected chi connectivity index (χ2v) is 13.3. The van der Waals surface area contributed by atoms with Crippen LogP contribution in [0, 0.1) is 52.8 Å². The lowest BCUT2D eigenvalue weighted by Crippen LogP contribution is -2.62. The molecule has 4 nitrogen and oxygen atoms in total. The monoisotopic (exact) mass is 431 g/mol. The van der Waals surface area contributed by atoms with Crippen LogP contribution in [0.4, 0.5) is 0 Å². The van der Waals surface area contributed by atoms with Gasteiger partial charge < -0.3 is 15.3 Å². The molecule has 0 aromatic heterocycles. The molecule has 0 radical (unpaired) electrons. The Morgan fingerprint density at radius 2 is 1.58 bits per heavy atom. The van der Waals surface area contributed by atoms with Gasteiger partial charge in [0.15, 0.2) is 0 Å². The molecular formula is C27H45NO3. The van der Waals surface area contributed by atoms with Crippen LogP contribution in [0.2, 0.25) is 0 Å². The number of aliphatic hydroxyl groups is 3. The maximum Gasteiger partial charge on any atom is 0.0711 e. The predicted octanol–water partition coefficient (Wildman–Crippen LogP) is 3.68. The number of fused-ring (bicyclic) bond motifs is 8. The molecule has 6 rings (SSSR count). The summed E-state index contributed by atoms with van der Waals surface area (Å²) in [5, 5.41) is 33.8. The van der Waals surface area contributed by atoms with Gasteiger partial charge in [0.05, 0.1) is 17.8 Å². The van der Waals surface area contributed by atoms with E-state index >= 15 is 0 Å². The van der Waals surface area contributed by atoms with Crippen molar-refractivity contribution in [2.45, 2.75) is 102 Å². The van der Waals surface area contributed by atoms with Crippen molar-refractivity contribution in [2.75, 3.05) is 13.1 Å². The molecule has 0 aromatic rings. The molecule has 0 unspecified atom stereocenters. The van der Waals surface area contributed by atoms with Crippen molar-refractivity contribution in [1.82, 2.24) is 4.90 Å². The van der Waals surface area contributed by atoms with E-state index in [0.717, 1.165) is 62.3 Å². The summed E-state index contributed by atoms with van der Waals surface area (Å²) in [6.45, 7) is 9.76. The van der Waals surface area contributed by atoms with Crippen molar-refractivity contribution in [1.29, 1.82) is 0 Å². The van der Waals surface area contributed by atoms with Gasteiger partial charge in [-0.1, -0.05) is 20.8 Å². The Balaban J connectivity index is 1.32.